The zero-order valence-electron chi connectivity index (χ0n) is 7.52. The van der Waals surface area contributed by atoms with Crippen molar-refractivity contribution in [3.63, 3.8) is 0 Å². The number of rotatable bonds is 3. The van der Waals surface area contributed by atoms with Gasteiger partial charge in [-0.05, 0) is 12.1 Å². The molecule has 1 aromatic carbocycles. The molecule has 1 aromatic rings. The van der Waals surface area contributed by atoms with Gasteiger partial charge >= 0.3 is 5.97 Å². The van der Waals surface area contributed by atoms with E-state index in [4.69, 9.17) is 9.66 Å². The summed E-state index contributed by atoms with van der Waals surface area (Å²) in [5.74, 6) is -1.56. The lowest BCUT2D eigenvalue weighted by atomic mass is 10.2. The van der Waals surface area contributed by atoms with E-state index in [0.717, 1.165) is 18.2 Å². The minimum atomic E-state index is -3.75. The van der Waals surface area contributed by atoms with E-state index in [0.29, 0.717) is 0 Å². The Morgan fingerprint density at radius 1 is 1.50 bits per heavy atom. The molecule has 2 N–H and O–H groups in total. The Labute approximate surface area is 94.4 Å². The van der Waals surface area contributed by atoms with Crippen molar-refractivity contribution in [3.05, 3.63) is 33.9 Å². The number of nitro groups is 1. The van der Waals surface area contributed by atoms with Crippen molar-refractivity contribution in [3.8, 4) is 0 Å². The molecule has 86 valence electrons. The molecular weight excluding hydrogens is 258 g/mol. The molecule has 0 radical (unpaired) electrons. The van der Waals surface area contributed by atoms with Gasteiger partial charge in [-0.3, -0.25) is 10.1 Å². The second kappa shape index (κ2) is 4.12. The highest BCUT2D eigenvalue weighted by atomic mass is 32.8. The third-order valence-corrected chi connectivity index (χ3v) is 3.12. The molecule has 0 aliphatic carbocycles. The molecule has 16 heavy (non-hydrogen) atoms. The maximum absolute atomic E-state index is 11.1. The Morgan fingerprint density at radius 2 is 2.06 bits per heavy atom. The lowest BCUT2D eigenvalue weighted by molar-refractivity contribution is -0.385. The maximum Gasteiger partial charge on any atom is 0.342 e. The van der Waals surface area contributed by atoms with Gasteiger partial charge < -0.3 is 9.66 Å². The first-order valence-electron chi connectivity index (χ1n) is 3.72. The number of nitrogens with zero attached hydrogens (tertiary/aromatic N) is 1. The number of benzene rings is 1. The second-order valence-corrected chi connectivity index (χ2v) is 5.49. The molecule has 0 fully saturated rings. The summed E-state index contributed by atoms with van der Waals surface area (Å²) in [4.78, 5) is 19.9. The highest BCUT2D eigenvalue weighted by Gasteiger charge is 2.21. The van der Waals surface area contributed by atoms with Crippen molar-refractivity contribution >= 4 is 31.6 Å². The average molecular weight is 263 g/mol. The normalized spacial score (nSPS) is 14.1. The average Bonchev–Trinajstić information content (AvgIpc) is 2.15. The molecule has 9 heteroatoms. The third kappa shape index (κ3) is 2.51. The molecule has 7 nitrogen and oxygen atoms in total. The van der Waals surface area contributed by atoms with Crippen molar-refractivity contribution < 1.29 is 23.6 Å². The molecule has 0 saturated heterocycles. The van der Waals surface area contributed by atoms with Gasteiger partial charge in [0.15, 0.2) is 8.77 Å². The van der Waals surface area contributed by atoms with Gasteiger partial charge in [0.1, 0.15) is 5.56 Å². The Hall–Kier alpha value is -1.58. The Bertz CT molecular complexity index is 564. The molecule has 0 spiro atoms. The smallest absolute Gasteiger partial charge is 0.342 e. The Kier molecular flexibility index (Phi) is 3.21. The topological polar surface area (TPSA) is 118 Å². The molecule has 1 unspecified atom stereocenters. The minimum Gasteiger partial charge on any atom is -0.477 e. The summed E-state index contributed by atoms with van der Waals surface area (Å²) in [5, 5.41) is 19.2. The van der Waals surface area contributed by atoms with Crippen LogP contribution in [0.1, 0.15) is 10.4 Å². The Morgan fingerprint density at radius 3 is 2.44 bits per heavy atom. The van der Waals surface area contributed by atoms with E-state index in [1.807, 2.05) is 0 Å². The van der Waals surface area contributed by atoms with Gasteiger partial charge in [-0.2, -0.15) is 0 Å². The highest BCUT2D eigenvalue weighted by molar-refractivity contribution is 8.29. The van der Waals surface area contributed by atoms with Gasteiger partial charge in [-0.25, -0.2) is 9.00 Å². The zero-order chi connectivity index (χ0) is 12.5. The number of carboxylic acids is 1. The number of carbonyl (C=O) groups is 1. The van der Waals surface area contributed by atoms with Gasteiger partial charge in [0, 0.05) is 17.3 Å². The minimum absolute atomic E-state index is 0.342. The van der Waals surface area contributed by atoms with E-state index in [2.05, 4.69) is 11.2 Å². The van der Waals surface area contributed by atoms with E-state index < -0.39 is 30.9 Å². The Balaban J connectivity index is 3.52. The predicted octanol–water partition coefficient (Wildman–Crippen LogP) is 0.871. The molecule has 0 heterocycles. The number of carboxylic acid groups (broad SMARTS) is 1. The van der Waals surface area contributed by atoms with E-state index in [-0.39, 0.29) is 4.90 Å². The van der Waals surface area contributed by atoms with Gasteiger partial charge in [0.25, 0.3) is 5.69 Å². The molecule has 1 rings (SSSR count). The molecule has 0 amide bonds. The van der Waals surface area contributed by atoms with Crippen LogP contribution in [0.2, 0.25) is 0 Å². The second-order valence-electron chi connectivity index (χ2n) is 2.72. The van der Waals surface area contributed by atoms with Crippen LogP contribution in [0.25, 0.3) is 0 Å². The van der Waals surface area contributed by atoms with E-state index in [9.17, 15) is 19.1 Å². The van der Waals surface area contributed by atoms with Crippen LogP contribution in [-0.4, -0.2) is 24.8 Å². The molecule has 0 aliphatic heterocycles. The highest BCUT2D eigenvalue weighted by Crippen LogP contribution is 2.22. The van der Waals surface area contributed by atoms with Crippen molar-refractivity contribution in [2.75, 3.05) is 0 Å². The van der Waals surface area contributed by atoms with Crippen molar-refractivity contribution in [2.24, 2.45) is 0 Å². The van der Waals surface area contributed by atoms with Crippen molar-refractivity contribution in [2.45, 2.75) is 4.90 Å². The molecule has 1 atom stereocenters. The molecular formula is C7H5NO6S2. The third-order valence-electron chi connectivity index (χ3n) is 1.69. The van der Waals surface area contributed by atoms with Gasteiger partial charge in [-0.1, -0.05) is 0 Å². The van der Waals surface area contributed by atoms with E-state index in [1.165, 1.54) is 0 Å². The van der Waals surface area contributed by atoms with Crippen LogP contribution in [0.15, 0.2) is 23.1 Å². The van der Waals surface area contributed by atoms with Crippen LogP contribution in [0.4, 0.5) is 5.69 Å². The van der Waals surface area contributed by atoms with Crippen molar-refractivity contribution in [1.29, 1.82) is 0 Å². The van der Waals surface area contributed by atoms with E-state index >= 15 is 0 Å². The molecule has 0 saturated carbocycles. The number of hydrogen-bond donors (Lipinski definition) is 2. The fraction of sp³-hybridized carbons (Fsp3) is 0. The maximum atomic E-state index is 11.1. The van der Waals surface area contributed by atoms with Crippen LogP contribution >= 0.6 is 0 Å². The molecule has 0 bridgehead atoms. The number of aromatic carboxylic acids is 1. The quantitative estimate of drug-likeness (QED) is 0.613. The first-order chi connectivity index (χ1) is 7.23. The number of hydrogen-bond acceptors (Lipinski definition) is 5. The summed E-state index contributed by atoms with van der Waals surface area (Å²) >= 11 is 4.23. The SMILES string of the molecule is O=C(O)c1cc(S(=O)(O)=S)ccc1[N+](=O)[O-]. The van der Waals surface area contributed by atoms with Crippen LogP contribution in [-0.2, 0) is 20.0 Å². The summed E-state index contributed by atoms with van der Waals surface area (Å²) in [7, 11) is -3.75. The summed E-state index contributed by atoms with van der Waals surface area (Å²) in [6, 6.07) is 2.52. The van der Waals surface area contributed by atoms with Gasteiger partial charge in [-0.15, -0.1) is 0 Å². The summed E-state index contributed by atoms with van der Waals surface area (Å²) in [6.07, 6.45) is 0. The van der Waals surface area contributed by atoms with E-state index in [1.54, 1.807) is 0 Å². The largest absolute Gasteiger partial charge is 0.477 e. The standard InChI is InChI=1S/C7H5NO6S2/c9-7(10)5-3-4(16(13,14)15)1-2-6(5)8(11)12/h1-3H,(H,9,10)(H,13,14,15). The summed E-state index contributed by atoms with van der Waals surface area (Å²) < 4.78 is 20.1. The van der Waals surface area contributed by atoms with Crippen LogP contribution in [0.5, 0.6) is 0 Å². The fourth-order valence-corrected chi connectivity index (χ4v) is 1.82. The van der Waals surface area contributed by atoms with Gasteiger partial charge in [0.2, 0.25) is 0 Å². The van der Waals surface area contributed by atoms with Crippen LogP contribution in [0.3, 0.4) is 0 Å². The lowest BCUT2D eigenvalue weighted by Gasteiger charge is -2.02. The summed E-state index contributed by atoms with van der Waals surface area (Å²) in [5.41, 5.74) is -1.33. The van der Waals surface area contributed by atoms with Crippen LogP contribution < -0.4 is 0 Å². The monoisotopic (exact) mass is 263 g/mol. The molecule has 0 aliphatic rings. The first kappa shape index (κ1) is 12.5. The number of nitro benzene ring substituents is 1. The molecule has 0 aromatic heterocycles. The van der Waals surface area contributed by atoms with Crippen LogP contribution in [0, 0.1) is 10.1 Å². The lowest BCUT2D eigenvalue weighted by Crippen LogP contribution is -2.05. The zero-order valence-corrected chi connectivity index (χ0v) is 9.16. The first-order valence-corrected chi connectivity index (χ1v) is 6.16. The predicted molar refractivity (Wildman–Crippen MR) is 56.5 cm³/mol. The summed E-state index contributed by atoms with van der Waals surface area (Å²) in [6.45, 7) is 0. The van der Waals surface area contributed by atoms with Gasteiger partial charge in [0.05, 0.1) is 9.82 Å². The van der Waals surface area contributed by atoms with Crippen molar-refractivity contribution in [1.82, 2.24) is 0 Å². The fourth-order valence-electron chi connectivity index (χ4n) is 1.01.